The molecule has 1 heterocycles. The third kappa shape index (κ3) is 3.76. The first-order valence-corrected chi connectivity index (χ1v) is 8.22. The number of thioether (sulfide) groups is 1. The first-order valence-electron chi connectivity index (χ1n) is 7.23. The molecular weight excluding hydrogens is 268 g/mol. The van der Waals surface area contributed by atoms with Crippen LogP contribution < -0.4 is 5.32 Å². The van der Waals surface area contributed by atoms with Crippen molar-refractivity contribution in [3.05, 3.63) is 29.8 Å². The minimum absolute atomic E-state index is 0.397. The van der Waals surface area contributed by atoms with E-state index in [1.165, 1.54) is 18.4 Å². The van der Waals surface area contributed by atoms with Crippen LogP contribution in [0.1, 0.15) is 32.3 Å². The first-order chi connectivity index (χ1) is 9.71. The Bertz CT molecular complexity index is 469. The third-order valence-corrected chi connectivity index (χ3v) is 5.32. The summed E-state index contributed by atoms with van der Waals surface area (Å²) in [6.07, 6.45) is 2.41. The van der Waals surface area contributed by atoms with Crippen LogP contribution in [0.4, 0.5) is 5.69 Å². The van der Waals surface area contributed by atoms with E-state index in [2.05, 4.69) is 37.4 Å². The Morgan fingerprint density at radius 1 is 1.35 bits per heavy atom. The smallest absolute Gasteiger partial charge is 0.161 e. The number of benzene rings is 1. The van der Waals surface area contributed by atoms with Crippen LogP contribution in [-0.2, 0) is 11.3 Å². The van der Waals surface area contributed by atoms with Gasteiger partial charge < -0.3 is 10.1 Å². The maximum Gasteiger partial charge on any atom is 0.161 e. The molecule has 0 bridgehead atoms. The highest BCUT2D eigenvalue weighted by Crippen LogP contribution is 2.35. The summed E-state index contributed by atoms with van der Waals surface area (Å²) in [5, 5.41) is 4.46. The molecule has 0 atom stereocenters. The number of aliphatic imine (C=N–C) groups is 1. The molecule has 0 unspecified atom stereocenters. The van der Waals surface area contributed by atoms with Gasteiger partial charge in [0.05, 0.1) is 6.61 Å². The van der Waals surface area contributed by atoms with E-state index in [0.717, 1.165) is 23.2 Å². The Hall–Kier alpha value is -1.00. The highest BCUT2D eigenvalue weighted by atomic mass is 32.2. The van der Waals surface area contributed by atoms with Crippen molar-refractivity contribution in [3.63, 3.8) is 0 Å². The van der Waals surface area contributed by atoms with Gasteiger partial charge in [-0.15, -0.1) is 0 Å². The summed E-state index contributed by atoms with van der Waals surface area (Å²) >= 11 is 1.84. The van der Waals surface area contributed by atoms with Crippen molar-refractivity contribution in [3.8, 4) is 0 Å². The number of anilines is 1. The Balaban J connectivity index is 2.01. The summed E-state index contributed by atoms with van der Waals surface area (Å²) in [6, 6.07) is 8.31. The molecular formula is C16H24N2OS. The lowest BCUT2D eigenvalue weighted by Gasteiger charge is -2.33. The van der Waals surface area contributed by atoms with Crippen molar-refractivity contribution in [2.75, 3.05) is 24.7 Å². The largest absolute Gasteiger partial charge is 0.380 e. The van der Waals surface area contributed by atoms with Crippen LogP contribution >= 0.6 is 11.8 Å². The maximum absolute atomic E-state index is 5.17. The molecule has 1 aliphatic rings. The molecule has 0 radical (unpaired) electrons. The number of amidine groups is 1. The maximum atomic E-state index is 5.17. The fourth-order valence-electron chi connectivity index (χ4n) is 2.33. The fraction of sp³-hybridized carbons (Fsp3) is 0.562. The highest BCUT2D eigenvalue weighted by Gasteiger charge is 2.30. The predicted molar refractivity (Wildman–Crippen MR) is 88.6 cm³/mol. The zero-order valence-electron chi connectivity index (χ0n) is 12.6. The monoisotopic (exact) mass is 292 g/mol. The second-order valence-electron chi connectivity index (χ2n) is 5.38. The van der Waals surface area contributed by atoms with Crippen LogP contribution in [0.15, 0.2) is 29.3 Å². The molecule has 3 nitrogen and oxygen atoms in total. The number of nitrogens with one attached hydrogen (secondary N) is 1. The number of ether oxygens (including phenoxy) is 1. The molecule has 0 amide bonds. The van der Waals surface area contributed by atoms with Crippen molar-refractivity contribution in [1.82, 2.24) is 0 Å². The minimum atomic E-state index is 0.397. The van der Waals surface area contributed by atoms with E-state index < -0.39 is 0 Å². The van der Waals surface area contributed by atoms with Gasteiger partial charge in [0.2, 0.25) is 0 Å². The van der Waals surface area contributed by atoms with Crippen molar-refractivity contribution in [2.45, 2.75) is 33.3 Å². The van der Waals surface area contributed by atoms with Crippen molar-refractivity contribution in [1.29, 1.82) is 0 Å². The molecule has 1 aliphatic heterocycles. The average molecular weight is 292 g/mol. The van der Waals surface area contributed by atoms with Gasteiger partial charge in [-0.2, -0.15) is 0 Å². The van der Waals surface area contributed by atoms with Gasteiger partial charge in [-0.05, 0) is 36.0 Å². The molecule has 0 fully saturated rings. The van der Waals surface area contributed by atoms with Crippen LogP contribution in [0.2, 0.25) is 0 Å². The van der Waals surface area contributed by atoms with E-state index in [9.17, 15) is 0 Å². The Labute approximate surface area is 126 Å². The van der Waals surface area contributed by atoms with Crippen LogP contribution in [0.5, 0.6) is 0 Å². The Morgan fingerprint density at radius 3 is 2.75 bits per heavy atom. The standard InChI is InChI=1S/C16H24N2OS/c1-4-16(5-2)11-17-15(20-12-16)18-14-8-6-7-13(9-14)10-19-3/h6-9H,4-5,10-12H2,1-3H3,(H,17,18). The molecule has 1 N–H and O–H groups in total. The minimum Gasteiger partial charge on any atom is -0.380 e. The molecule has 0 aliphatic carbocycles. The lowest BCUT2D eigenvalue weighted by Crippen LogP contribution is -2.32. The van der Waals surface area contributed by atoms with Crippen LogP contribution in [0.3, 0.4) is 0 Å². The van der Waals surface area contributed by atoms with E-state index >= 15 is 0 Å². The van der Waals surface area contributed by atoms with E-state index in [0.29, 0.717) is 12.0 Å². The molecule has 1 aromatic carbocycles. The van der Waals surface area contributed by atoms with Gasteiger partial charge in [0.25, 0.3) is 0 Å². The molecule has 1 aromatic rings. The normalized spacial score (nSPS) is 17.6. The second-order valence-corrected chi connectivity index (χ2v) is 6.34. The number of methoxy groups -OCH3 is 1. The van der Waals surface area contributed by atoms with Gasteiger partial charge in [-0.1, -0.05) is 37.7 Å². The number of hydrogen-bond acceptors (Lipinski definition) is 4. The van der Waals surface area contributed by atoms with Gasteiger partial charge in [-0.3, -0.25) is 4.99 Å². The quantitative estimate of drug-likeness (QED) is 0.885. The van der Waals surface area contributed by atoms with Crippen LogP contribution in [-0.4, -0.2) is 24.6 Å². The molecule has 0 aromatic heterocycles. The molecule has 0 saturated heterocycles. The Morgan fingerprint density at radius 2 is 2.15 bits per heavy atom. The molecule has 20 heavy (non-hydrogen) atoms. The van der Waals surface area contributed by atoms with Crippen molar-refractivity contribution in [2.24, 2.45) is 10.4 Å². The topological polar surface area (TPSA) is 33.6 Å². The second kappa shape index (κ2) is 7.14. The van der Waals surface area contributed by atoms with Crippen molar-refractivity contribution >= 4 is 22.6 Å². The number of hydrogen-bond donors (Lipinski definition) is 1. The van der Waals surface area contributed by atoms with Gasteiger partial charge in [-0.25, -0.2) is 0 Å². The number of nitrogens with zero attached hydrogens (tertiary/aromatic N) is 1. The fourth-order valence-corrected chi connectivity index (χ4v) is 3.62. The number of rotatable bonds is 5. The lowest BCUT2D eigenvalue weighted by atomic mass is 9.84. The zero-order chi connectivity index (χ0) is 14.4. The molecule has 0 spiro atoms. The van der Waals surface area contributed by atoms with E-state index in [1.807, 2.05) is 17.8 Å². The summed E-state index contributed by atoms with van der Waals surface area (Å²) in [6.45, 7) is 6.12. The summed E-state index contributed by atoms with van der Waals surface area (Å²) in [5.74, 6) is 1.16. The summed E-state index contributed by atoms with van der Waals surface area (Å²) in [5.41, 5.74) is 2.66. The molecule has 4 heteroatoms. The Kier molecular flexibility index (Phi) is 5.49. The zero-order valence-corrected chi connectivity index (χ0v) is 13.4. The molecule has 0 saturated carbocycles. The first kappa shape index (κ1) is 15.4. The lowest BCUT2D eigenvalue weighted by molar-refractivity contribution is 0.185. The van der Waals surface area contributed by atoms with Gasteiger partial charge >= 0.3 is 0 Å². The van der Waals surface area contributed by atoms with Gasteiger partial charge in [0, 0.05) is 25.1 Å². The average Bonchev–Trinajstić information content (AvgIpc) is 2.49. The molecule has 2 rings (SSSR count). The molecule has 110 valence electrons. The highest BCUT2D eigenvalue weighted by molar-refractivity contribution is 8.14. The van der Waals surface area contributed by atoms with E-state index in [4.69, 9.17) is 9.73 Å². The van der Waals surface area contributed by atoms with E-state index in [-0.39, 0.29) is 0 Å². The van der Waals surface area contributed by atoms with E-state index in [1.54, 1.807) is 7.11 Å². The summed E-state index contributed by atoms with van der Waals surface area (Å²) in [7, 11) is 1.72. The SMILES string of the molecule is CCC1(CC)CN=C(Nc2cccc(COC)c2)SC1. The summed E-state index contributed by atoms with van der Waals surface area (Å²) in [4.78, 5) is 4.73. The van der Waals surface area contributed by atoms with Crippen LogP contribution in [0, 0.1) is 5.41 Å². The third-order valence-electron chi connectivity index (χ3n) is 4.06. The van der Waals surface area contributed by atoms with Crippen LogP contribution in [0.25, 0.3) is 0 Å². The predicted octanol–water partition coefficient (Wildman–Crippen LogP) is 4.15. The van der Waals surface area contributed by atoms with Crippen molar-refractivity contribution < 1.29 is 4.74 Å². The van der Waals surface area contributed by atoms with Gasteiger partial charge in [0.15, 0.2) is 5.17 Å². The summed E-state index contributed by atoms with van der Waals surface area (Å²) < 4.78 is 5.17. The van der Waals surface area contributed by atoms with Gasteiger partial charge in [0.1, 0.15) is 0 Å².